The lowest BCUT2D eigenvalue weighted by Crippen LogP contribution is -1.98. The number of ether oxygens (including phenoxy) is 1. The third-order valence-corrected chi connectivity index (χ3v) is 4.55. The van der Waals surface area contributed by atoms with Crippen LogP contribution >= 0.6 is 0 Å². The van der Waals surface area contributed by atoms with E-state index in [0.717, 1.165) is 18.8 Å². The molecule has 0 fully saturated rings. The van der Waals surface area contributed by atoms with Crippen molar-refractivity contribution < 1.29 is 4.74 Å². The standard InChI is InChI=1S/C23H32O/c1-3-4-5-6-7-8-9-13-18-24-22-16-17-23(20(2)19-22)21-14-11-10-12-15-21/h10-12,14-17,19H,3-9,13,18H2,1-2H3. The molecule has 1 nitrogen and oxygen atoms in total. The highest BCUT2D eigenvalue weighted by atomic mass is 16.5. The van der Waals surface area contributed by atoms with E-state index in [-0.39, 0.29) is 0 Å². The van der Waals surface area contributed by atoms with Crippen molar-refractivity contribution in [2.24, 2.45) is 0 Å². The molecular formula is C23H32O. The fourth-order valence-electron chi connectivity index (χ4n) is 3.09. The summed E-state index contributed by atoms with van der Waals surface area (Å²) in [5, 5.41) is 0. The maximum atomic E-state index is 5.92. The van der Waals surface area contributed by atoms with E-state index in [1.54, 1.807) is 0 Å². The molecule has 0 amide bonds. The average Bonchev–Trinajstić information content (AvgIpc) is 2.61. The van der Waals surface area contributed by atoms with Crippen molar-refractivity contribution in [1.29, 1.82) is 0 Å². The van der Waals surface area contributed by atoms with Gasteiger partial charge in [0.05, 0.1) is 6.61 Å². The number of benzene rings is 2. The zero-order valence-electron chi connectivity index (χ0n) is 15.4. The summed E-state index contributed by atoms with van der Waals surface area (Å²) in [6, 6.07) is 17.0. The molecule has 0 heterocycles. The highest BCUT2D eigenvalue weighted by Crippen LogP contribution is 2.26. The monoisotopic (exact) mass is 324 g/mol. The predicted octanol–water partition coefficient (Wildman–Crippen LogP) is 7.18. The highest BCUT2D eigenvalue weighted by Gasteiger charge is 2.03. The molecule has 2 aromatic rings. The molecule has 0 saturated carbocycles. The van der Waals surface area contributed by atoms with E-state index in [0.29, 0.717) is 0 Å². The Labute approximate surface area is 148 Å². The van der Waals surface area contributed by atoms with Crippen LogP contribution in [0.5, 0.6) is 5.75 Å². The molecule has 0 aliphatic rings. The Morgan fingerprint density at radius 3 is 2.08 bits per heavy atom. The lowest BCUT2D eigenvalue weighted by molar-refractivity contribution is 0.304. The Balaban J connectivity index is 1.68. The quantitative estimate of drug-likeness (QED) is 0.398. The number of hydrogen-bond acceptors (Lipinski definition) is 1. The molecule has 2 aromatic carbocycles. The SMILES string of the molecule is CCCCCCCCCCOc1ccc(-c2ccccc2)c(C)c1. The number of aryl methyl sites for hydroxylation is 1. The maximum Gasteiger partial charge on any atom is 0.119 e. The van der Waals surface area contributed by atoms with Gasteiger partial charge in [0.25, 0.3) is 0 Å². The normalized spacial score (nSPS) is 10.8. The molecule has 24 heavy (non-hydrogen) atoms. The molecule has 0 radical (unpaired) electrons. The molecule has 0 atom stereocenters. The number of rotatable bonds is 11. The first-order chi connectivity index (χ1) is 11.8. The summed E-state index contributed by atoms with van der Waals surface area (Å²) in [6.07, 6.45) is 10.7. The molecule has 130 valence electrons. The smallest absolute Gasteiger partial charge is 0.119 e. The third-order valence-electron chi connectivity index (χ3n) is 4.55. The molecule has 0 aromatic heterocycles. The second-order valence-corrected chi connectivity index (χ2v) is 6.67. The Hall–Kier alpha value is -1.76. The second-order valence-electron chi connectivity index (χ2n) is 6.67. The van der Waals surface area contributed by atoms with Crippen molar-refractivity contribution in [1.82, 2.24) is 0 Å². The van der Waals surface area contributed by atoms with Gasteiger partial charge in [-0.2, -0.15) is 0 Å². The van der Waals surface area contributed by atoms with Gasteiger partial charge in [-0.15, -0.1) is 0 Å². The fourth-order valence-corrected chi connectivity index (χ4v) is 3.09. The van der Waals surface area contributed by atoms with Crippen molar-refractivity contribution >= 4 is 0 Å². The van der Waals surface area contributed by atoms with Crippen molar-refractivity contribution in [2.45, 2.75) is 65.2 Å². The van der Waals surface area contributed by atoms with Crippen molar-refractivity contribution in [2.75, 3.05) is 6.61 Å². The number of hydrogen-bond donors (Lipinski definition) is 0. The summed E-state index contributed by atoms with van der Waals surface area (Å²) in [6.45, 7) is 5.26. The minimum absolute atomic E-state index is 0.832. The minimum atomic E-state index is 0.832. The second kappa shape index (κ2) is 10.9. The molecule has 2 rings (SSSR count). The molecule has 1 heteroatoms. The van der Waals surface area contributed by atoms with E-state index in [1.165, 1.54) is 61.6 Å². The van der Waals surface area contributed by atoms with Crippen molar-refractivity contribution in [3.8, 4) is 16.9 Å². The van der Waals surface area contributed by atoms with Crippen LogP contribution in [0.2, 0.25) is 0 Å². The molecule has 0 aliphatic carbocycles. The van der Waals surface area contributed by atoms with Crippen LogP contribution in [0.4, 0.5) is 0 Å². The third kappa shape index (κ3) is 6.39. The van der Waals surface area contributed by atoms with Crippen LogP contribution in [0.3, 0.4) is 0 Å². The topological polar surface area (TPSA) is 9.23 Å². The van der Waals surface area contributed by atoms with Gasteiger partial charge in [-0.25, -0.2) is 0 Å². The summed E-state index contributed by atoms with van der Waals surface area (Å²) >= 11 is 0. The van der Waals surface area contributed by atoms with Crippen molar-refractivity contribution in [3.05, 3.63) is 54.1 Å². The molecule has 0 N–H and O–H groups in total. The molecule has 0 aliphatic heterocycles. The van der Waals surface area contributed by atoms with Crippen LogP contribution in [-0.2, 0) is 0 Å². The summed E-state index contributed by atoms with van der Waals surface area (Å²) in [5.41, 5.74) is 3.83. The summed E-state index contributed by atoms with van der Waals surface area (Å²) < 4.78 is 5.92. The molecule has 0 spiro atoms. The zero-order chi connectivity index (χ0) is 17.0. The van der Waals surface area contributed by atoms with Gasteiger partial charge in [-0.05, 0) is 42.2 Å². The Morgan fingerprint density at radius 1 is 0.750 bits per heavy atom. The summed E-state index contributed by atoms with van der Waals surface area (Å²) in [7, 11) is 0. The fraction of sp³-hybridized carbons (Fsp3) is 0.478. The molecule has 0 saturated heterocycles. The zero-order valence-corrected chi connectivity index (χ0v) is 15.4. The predicted molar refractivity (Wildman–Crippen MR) is 105 cm³/mol. The van der Waals surface area contributed by atoms with Crippen molar-refractivity contribution in [3.63, 3.8) is 0 Å². The average molecular weight is 325 g/mol. The summed E-state index contributed by atoms with van der Waals surface area (Å²) in [5.74, 6) is 0.995. The van der Waals surface area contributed by atoms with Crippen LogP contribution in [-0.4, -0.2) is 6.61 Å². The van der Waals surface area contributed by atoms with Gasteiger partial charge in [0.1, 0.15) is 5.75 Å². The van der Waals surface area contributed by atoms with Gasteiger partial charge in [0.2, 0.25) is 0 Å². The van der Waals surface area contributed by atoms with E-state index < -0.39 is 0 Å². The minimum Gasteiger partial charge on any atom is -0.494 e. The molecule has 0 bridgehead atoms. The van der Waals surface area contributed by atoms with Crippen LogP contribution in [0.25, 0.3) is 11.1 Å². The van der Waals surface area contributed by atoms with E-state index in [4.69, 9.17) is 4.74 Å². The van der Waals surface area contributed by atoms with Gasteiger partial charge >= 0.3 is 0 Å². The van der Waals surface area contributed by atoms with Gasteiger partial charge in [-0.1, -0.05) is 88.3 Å². The molecule has 0 unspecified atom stereocenters. The summed E-state index contributed by atoms with van der Waals surface area (Å²) in [4.78, 5) is 0. The lowest BCUT2D eigenvalue weighted by atomic mass is 10.0. The van der Waals surface area contributed by atoms with Gasteiger partial charge in [-0.3, -0.25) is 0 Å². The Bertz CT molecular complexity index is 574. The van der Waals surface area contributed by atoms with Gasteiger partial charge in [0, 0.05) is 0 Å². The van der Waals surface area contributed by atoms with E-state index in [1.807, 2.05) is 0 Å². The van der Waals surface area contributed by atoms with Crippen LogP contribution in [0, 0.1) is 6.92 Å². The van der Waals surface area contributed by atoms with E-state index in [2.05, 4.69) is 62.4 Å². The Morgan fingerprint density at radius 2 is 1.42 bits per heavy atom. The number of unbranched alkanes of at least 4 members (excludes halogenated alkanes) is 7. The first kappa shape index (κ1) is 18.6. The maximum absolute atomic E-state index is 5.92. The lowest BCUT2D eigenvalue weighted by Gasteiger charge is -2.10. The van der Waals surface area contributed by atoms with Crippen LogP contribution in [0.15, 0.2) is 48.5 Å². The van der Waals surface area contributed by atoms with Crippen LogP contribution in [0.1, 0.15) is 63.9 Å². The van der Waals surface area contributed by atoms with Crippen LogP contribution < -0.4 is 4.74 Å². The molecular weight excluding hydrogens is 292 g/mol. The first-order valence-electron chi connectivity index (χ1n) is 9.60. The largest absolute Gasteiger partial charge is 0.494 e. The highest BCUT2D eigenvalue weighted by molar-refractivity contribution is 5.67. The van der Waals surface area contributed by atoms with Gasteiger partial charge in [0.15, 0.2) is 0 Å². The Kier molecular flexibility index (Phi) is 8.45. The first-order valence-corrected chi connectivity index (χ1v) is 9.60. The van der Waals surface area contributed by atoms with E-state index >= 15 is 0 Å². The van der Waals surface area contributed by atoms with Gasteiger partial charge < -0.3 is 4.74 Å². The van der Waals surface area contributed by atoms with E-state index in [9.17, 15) is 0 Å².